The third kappa shape index (κ3) is 11.3. The largest absolute Gasteiger partial charge is 0.309 e. The van der Waals surface area contributed by atoms with E-state index < -0.39 is 0 Å². The second kappa shape index (κ2) is 27.4. The second-order valence-corrected chi connectivity index (χ2v) is 27.7. The van der Waals surface area contributed by atoms with Gasteiger partial charge in [0.05, 0.1) is 61.1 Å². The molecule has 0 aliphatic rings. The van der Waals surface area contributed by atoms with Crippen LogP contribution >= 0.6 is 0 Å². The molecule has 8 heterocycles. The average Bonchev–Trinajstić information content (AvgIpc) is 1.58. The zero-order chi connectivity index (χ0) is 74.0. The molecule has 8 aromatic heterocycles. The minimum atomic E-state index is 0.512. The zero-order valence-corrected chi connectivity index (χ0v) is 60.2. The summed E-state index contributed by atoms with van der Waals surface area (Å²) < 4.78 is 9.02. The van der Waals surface area contributed by atoms with Crippen molar-refractivity contribution < 1.29 is 0 Å². The third-order valence-electron chi connectivity index (χ3n) is 21.1. The number of rotatable bonds is 12. The number of benzene rings is 14. The summed E-state index contributed by atoms with van der Waals surface area (Å²) in [6.07, 6.45) is 7.36. The van der Waals surface area contributed by atoms with Gasteiger partial charge in [-0.3, -0.25) is 9.13 Å². The molecule has 524 valence electrons. The smallest absolute Gasteiger partial charge is 0.234 e. The third-order valence-corrected chi connectivity index (χ3v) is 21.1. The van der Waals surface area contributed by atoms with Crippen LogP contribution in [0.4, 0.5) is 0 Å². The highest BCUT2D eigenvalue weighted by Gasteiger charge is 2.24. The Kier molecular flexibility index (Phi) is 15.9. The first kappa shape index (κ1) is 64.9. The van der Waals surface area contributed by atoms with Crippen LogP contribution in [0.5, 0.6) is 0 Å². The Balaban J connectivity index is 0.000000141. The van der Waals surface area contributed by atoms with Gasteiger partial charge in [0.25, 0.3) is 0 Å². The summed E-state index contributed by atoms with van der Waals surface area (Å²) in [5.41, 5.74) is 22.7. The molecule has 0 atom stereocenters. The van der Waals surface area contributed by atoms with E-state index in [1.807, 2.05) is 140 Å². The Hall–Kier alpha value is -15.5. The van der Waals surface area contributed by atoms with Crippen LogP contribution in [-0.2, 0) is 0 Å². The molecule has 0 unspecified atom stereocenters. The number of para-hydroxylation sites is 6. The Morgan fingerprint density at radius 1 is 0.179 bits per heavy atom. The lowest BCUT2D eigenvalue weighted by Crippen LogP contribution is -2.03. The highest BCUT2D eigenvalue weighted by molar-refractivity contribution is 6.19. The molecule has 13 heteroatoms. The maximum Gasteiger partial charge on any atom is 0.234 e. The van der Waals surface area contributed by atoms with Crippen LogP contribution in [0.25, 0.3) is 201 Å². The van der Waals surface area contributed by atoms with Gasteiger partial charge in [-0.25, -0.2) is 44.9 Å². The summed E-state index contributed by atoms with van der Waals surface area (Å²) in [6, 6.07) is 124. The van der Waals surface area contributed by atoms with Crippen LogP contribution in [0.1, 0.15) is 0 Å². The van der Waals surface area contributed by atoms with Crippen molar-refractivity contribution >= 4 is 87.2 Å². The van der Waals surface area contributed by atoms with Crippen LogP contribution in [0.2, 0.25) is 0 Å². The van der Waals surface area contributed by atoms with Crippen molar-refractivity contribution in [3.63, 3.8) is 0 Å². The van der Waals surface area contributed by atoms with E-state index in [4.69, 9.17) is 44.9 Å². The average molecular weight is 1430 g/mol. The van der Waals surface area contributed by atoms with Gasteiger partial charge in [0.2, 0.25) is 11.9 Å². The fourth-order valence-electron chi connectivity index (χ4n) is 16.1. The fraction of sp³-hybridized carbons (Fsp3) is 0. The lowest BCUT2D eigenvalue weighted by atomic mass is 9.98. The van der Waals surface area contributed by atoms with Crippen molar-refractivity contribution in [3.8, 4) is 114 Å². The molecule has 0 saturated heterocycles. The van der Waals surface area contributed by atoms with Crippen molar-refractivity contribution in [2.75, 3.05) is 0 Å². The highest BCUT2D eigenvalue weighted by Crippen LogP contribution is 2.44. The highest BCUT2D eigenvalue weighted by atomic mass is 15.2. The standard InChI is InChI=1S/C50H32N6.C49H31N7/c1-4-15-33(16-5-1)42-30-43(54-49(53-42)34-17-6-2-7-18-34)36-31-51-50(52-32-36)56-45-25-13-11-22-40(45)48-38(23-14-26-47(48)56)35-27-28-46-41(29-35)39-21-10-12-24-44(39)55(46)37-19-8-3-9-20-37;1-4-15-32(16-5-1)46-52-47(33-17-6-2-7-18-33)54-48(53-46)35-30-50-49(51-31-35)56-42-25-13-11-22-39(42)45-37(23-14-26-44(45)56)34-27-28-43-40(29-34)38-21-10-12-24-41(38)55(43)36-19-8-3-9-20-36/h1-32H;1-31H. The molecule has 0 fully saturated rings. The van der Waals surface area contributed by atoms with Gasteiger partial charge < -0.3 is 9.13 Å². The minimum absolute atomic E-state index is 0.512. The quantitative estimate of drug-likeness (QED) is 0.117. The second-order valence-electron chi connectivity index (χ2n) is 27.7. The van der Waals surface area contributed by atoms with E-state index in [1.165, 1.54) is 43.6 Å². The van der Waals surface area contributed by atoms with Gasteiger partial charge in [-0.05, 0) is 113 Å². The van der Waals surface area contributed by atoms with Gasteiger partial charge >= 0.3 is 0 Å². The van der Waals surface area contributed by atoms with Crippen molar-refractivity contribution in [2.45, 2.75) is 0 Å². The lowest BCUT2D eigenvalue weighted by molar-refractivity contribution is 0.982. The van der Waals surface area contributed by atoms with Gasteiger partial charge in [-0.15, -0.1) is 0 Å². The molecule has 112 heavy (non-hydrogen) atoms. The summed E-state index contributed by atoms with van der Waals surface area (Å²) in [5.74, 6) is 3.52. The number of hydrogen-bond acceptors (Lipinski definition) is 9. The molecule has 13 nitrogen and oxygen atoms in total. The molecule has 0 spiro atoms. The lowest BCUT2D eigenvalue weighted by Gasteiger charge is -2.10. The molecule has 0 bridgehead atoms. The summed E-state index contributed by atoms with van der Waals surface area (Å²) in [7, 11) is 0. The van der Waals surface area contributed by atoms with E-state index in [0.717, 1.165) is 116 Å². The molecule has 22 rings (SSSR count). The molecular weight excluding hydrogens is 1370 g/mol. The monoisotopic (exact) mass is 1430 g/mol. The van der Waals surface area contributed by atoms with Gasteiger partial charge in [0, 0.05) is 107 Å². The number of fused-ring (bicyclic) bond motifs is 12. The van der Waals surface area contributed by atoms with E-state index >= 15 is 0 Å². The normalized spacial score (nSPS) is 11.6. The Morgan fingerprint density at radius 3 is 0.893 bits per heavy atom. The molecule has 0 radical (unpaired) electrons. The van der Waals surface area contributed by atoms with Crippen LogP contribution in [0, 0.1) is 0 Å². The van der Waals surface area contributed by atoms with Crippen LogP contribution < -0.4 is 0 Å². The van der Waals surface area contributed by atoms with Gasteiger partial charge in [-0.1, -0.05) is 267 Å². The Morgan fingerprint density at radius 2 is 0.482 bits per heavy atom. The molecule has 0 amide bonds. The van der Waals surface area contributed by atoms with Crippen LogP contribution in [0.3, 0.4) is 0 Å². The maximum atomic E-state index is 5.00. The SMILES string of the molecule is c1ccc(-c2cc(-c3cnc(-n4c5ccccc5c5c(-c6ccc7c(c6)c6ccccc6n7-c6ccccc6)cccc54)nc3)nc(-c3ccccc3)n2)cc1.c1ccc(-c2nc(-c3ccccc3)nc(-c3cnc(-n4c5ccccc5c5c(-c6ccc7c(c6)c6ccccc6n7-c6ccccc6)cccc54)nc3)n2)cc1. The summed E-state index contributed by atoms with van der Waals surface area (Å²) in [5, 5.41) is 9.48. The van der Waals surface area contributed by atoms with Crippen molar-refractivity contribution in [2.24, 2.45) is 0 Å². The Labute approximate surface area is 642 Å². The van der Waals surface area contributed by atoms with E-state index in [-0.39, 0.29) is 0 Å². The van der Waals surface area contributed by atoms with Gasteiger partial charge in [0.1, 0.15) is 0 Å². The summed E-state index contributed by atoms with van der Waals surface area (Å²) in [4.78, 5) is 44.5. The molecule has 0 saturated carbocycles. The first-order valence-corrected chi connectivity index (χ1v) is 37.3. The van der Waals surface area contributed by atoms with E-state index in [0.29, 0.717) is 40.8 Å². The van der Waals surface area contributed by atoms with E-state index in [2.05, 4.69) is 261 Å². The Bertz CT molecular complexity index is 6770. The molecule has 22 aromatic rings. The molecule has 0 aliphatic heterocycles. The van der Waals surface area contributed by atoms with E-state index in [1.54, 1.807) is 0 Å². The van der Waals surface area contributed by atoms with Crippen LogP contribution in [-0.4, -0.2) is 63.1 Å². The van der Waals surface area contributed by atoms with Crippen molar-refractivity contribution in [3.05, 3.63) is 383 Å². The summed E-state index contributed by atoms with van der Waals surface area (Å²) in [6.45, 7) is 0. The van der Waals surface area contributed by atoms with Crippen LogP contribution in [0.15, 0.2) is 383 Å². The topological polar surface area (TPSA) is 136 Å². The van der Waals surface area contributed by atoms with Gasteiger partial charge in [0.15, 0.2) is 23.3 Å². The van der Waals surface area contributed by atoms with Crippen molar-refractivity contribution in [1.29, 1.82) is 0 Å². The minimum Gasteiger partial charge on any atom is -0.309 e. The van der Waals surface area contributed by atoms with E-state index in [9.17, 15) is 0 Å². The van der Waals surface area contributed by atoms with Crippen molar-refractivity contribution in [1.82, 2.24) is 63.1 Å². The molecular formula is C99H63N13. The fourth-order valence-corrected chi connectivity index (χ4v) is 16.1. The first-order valence-electron chi connectivity index (χ1n) is 37.3. The maximum absolute atomic E-state index is 5.00. The number of aromatic nitrogens is 13. The number of nitrogens with zero attached hydrogens (tertiary/aromatic N) is 13. The first-order chi connectivity index (χ1) is 55.6. The molecule has 14 aromatic carbocycles. The predicted octanol–water partition coefficient (Wildman–Crippen LogP) is 23.7. The molecule has 0 aliphatic carbocycles. The summed E-state index contributed by atoms with van der Waals surface area (Å²) >= 11 is 0. The predicted molar refractivity (Wildman–Crippen MR) is 454 cm³/mol. The van der Waals surface area contributed by atoms with Gasteiger partial charge in [-0.2, -0.15) is 0 Å². The number of hydrogen-bond donors (Lipinski definition) is 0. The molecule has 0 N–H and O–H groups in total. The zero-order valence-electron chi connectivity index (χ0n) is 60.2.